The van der Waals surface area contributed by atoms with Crippen LogP contribution in [0.25, 0.3) is 0 Å². The quantitative estimate of drug-likeness (QED) is 0.715. The van der Waals surface area contributed by atoms with Crippen molar-refractivity contribution in [3.63, 3.8) is 0 Å². The van der Waals surface area contributed by atoms with Crippen LogP contribution in [-0.2, 0) is 0 Å². The maximum atomic E-state index is 5.79. The van der Waals surface area contributed by atoms with E-state index >= 15 is 0 Å². The zero-order chi connectivity index (χ0) is 13.7. The van der Waals surface area contributed by atoms with Crippen LogP contribution in [0.15, 0.2) is 24.3 Å². The molecule has 106 valence electrons. The number of ether oxygens (including phenoxy) is 1. The van der Waals surface area contributed by atoms with Crippen molar-refractivity contribution in [2.24, 2.45) is 5.92 Å². The van der Waals surface area contributed by atoms with Crippen LogP contribution >= 0.6 is 0 Å². The SMILES string of the molecule is CCCNCC(C)C(C)c1ccc(OC2CC2)cc1. The van der Waals surface area contributed by atoms with E-state index in [9.17, 15) is 0 Å². The van der Waals surface area contributed by atoms with Crippen molar-refractivity contribution in [3.05, 3.63) is 29.8 Å². The minimum atomic E-state index is 0.487. The van der Waals surface area contributed by atoms with Gasteiger partial charge in [-0.1, -0.05) is 32.9 Å². The molecule has 1 fully saturated rings. The van der Waals surface area contributed by atoms with E-state index in [4.69, 9.17) is 4.74 Å². The van der Waals surface area contributed by atoms with Crippen LogP contribution in [0.5, 0.6) is 5.75 Å². The lowest BCUT2D eigenvalue weighted by molar-refractivity contribution is 0.303. The van der Waals surface area contributed by atoms with Gasteiger partial charge in [-0.2, -0.15) is 0 Å². The molecule has 0 saturated heterocycles. The number of rotatable bonds is 8. The van der Waals surface area contributed by atoms with Crippen LogP contribution in [0.1, 0.15) is 51.5 Å². The Labute approximate surface area is 117 Å². The molecule has 1 saturated carbocycles. The predicted molar refractivity (Wildman–Crippen MR) is 80.8 cm³/mol. The minimum Gasteiger partial charge on any atom is -0.490 e. The maximum absolute atomic E-state index is 5.79. The second-order valence-electron chi connectivity index (χ2n) is 5.86. The van der Waals surface area contributed by atoms with Crippen LogP contribution in [0, 0.1) is 5.92 Å². The van der Waals surface area contributed by atoms with Crippen molar-refractivity contribution in [1.82, 2.24) is 5.32 Å². The summed E-state index contributed by atoms with van der Waals surface area (Å²) in [4.78, 5) is 0. The summed E-state index contributed by atoms with van der Waals surface area (Å²) in [7, 11) is 0. The Hall–Kier alpha value is -1.02. The van der Waals surface area contributed by atoms with Crippen molar-refractivity contribution in [1.29, 1.82) is 0 Å². The highest BCUT2D eigenvalue weighted by atomic mass is 16.5. The van der Waals surface area contributed by atoms with Gasteiger partial charge in [0.05, 0.1) is 6.10 Å². The normalized spacial score (nSPS) is 18.1. The summed E-state index contributed by atoms with van der Waals surface area (Å²) in [5, 5.41) is 3.51. The monoisotopic (exact) mass is 261 g/mol. The minimum absolute atomic E-state index is 0.487. The van der Waals surface area contributed by atoms with Crippen molar-refractivity contribution in [2.75, 3.05) is 13.1 Å². The van der Waals surface area contributed by atoms with Gasteiger partial charge >= 0.3 is 0 Å². The Kier molecular flexibility index (Phi) is 5.26. The molecule has 0 heterocycles. The maximum Gasteiger partial charge on any atom is 0.119 e. The van der Waals surface area contributed by atoms with Gasteiger partial charge in [-0.25, -0.2) is 0 Å². The lowest BCUT2D eigenvalue weighted by Crippen LogP contribution is -2.25. The molecule has 19 heavy (non-hydrogen) atoms. The fraction of sp³-hybridized carbons (Fsp3) is 0.647. The largest absolute Gasteiger partial charge is 0.490 e. The number of hydrogen-bond acceptors (Lipinski definition) is 2. The summed E-state index contributed by atoms with van der Waals surface area (Å²) in [5.41, 5.74) is 1.41. The second kappa shape index (κ2) is 6.95. The Morgan fingerprint density at radius 2 is 1.89 bits per heavy atom. The van der Waals surface area contributed by atoms with E-state index < -0.39 is 0 Å². The van der Waals surface area contributed by atoms with Gasteiger partial charge < -0.3 is 10.1 Å². The summed E-state index contributed by atoms with van der Waals surface area (Å²) in [5.74, 6) is 2.26. The molecule has 0 aromatic heterocycles. The fourth-order valence-electron chi connectivity index (χ4n) is 2.24. The van der Waals surface area contributed by atoms with E-state index in [1.165, 1.54) is 24.8 Å². The Morgan fingerprint density at radius 1 is 1.21 bits per heavy atom. The van der Waals surface area contributed by atoms with Gasteiger partial charge in [0.25, 0.3) is 0 Å². The van der Waals surface area contributed by atoms with E-state index in [0.717, 1.165) is 18.8 Å². The highest BCUT2D eigenvalue weighted by molar-refractivity contribution is 5.30. The Balaban J connectivity index is 1.84. The summed E-state index contributed by atoms with van der Waals surface area (Å²) < 4.78 is 5.79. The summed E-state index contributed by atoms with van der Waals surface area (Å²) in [6.07, 6.45) is 4.13. The zero-order valence-electron chi connectivity index (χ0n) is 12.5. The molecule has 0 bridgehead atoms. The van der Waals surface area contributed by atoms with E-state index in [1.54, 1.807) is 0 Å². The molecule has 2 atom stereocenters. The van der Waals surface area contributed by atoms with Crippen LogP contribution in [-0.4, -0.2) is 19.2 Å². The van der Waals surface area contributed by atoms with Gasteiger partial charge in [-0.3, -0.25) is 0 Å². The molecular formula is C17H27NO. The summed E-state index contributed by atoms with van der Waals surface area (Å²) in [6, 6.07) is 8.68. The number of hydrogen-bond donors (Lipinski definition) is 1. The fourth-order valence-corrected chi connectivity index (χ4v) is 2.24. The third-order valence-electron chi connectivity index (χ3n) is 3.98. The molecule has 2 heteroatoms. The second-order valence-corrected chi connectivity index (χ2v) is 5.86. The van der Waals surface area contributed by atoms with Gasteiger partial charge in [0.15, 0.2) is 0 Å². The van der Waals surface area contributed by atoms with Gasteiger partial charge in [-0.05, 0) is 61.9 Å². The van der Waals surface area contributed by atoms with Crippen LogP contribution in [0.3, 0.4) is 0 Å². The lowest BCUT2D eigenvalue weighted by Gasteiger charge is -2.21. The molecule has 2 rings (SSSR count). The average molecular weight is 261 g/mol. The average Bonchev–Trinajstić information content (AvgIpc) is 3.23. The molecule has 0 radical (unpaired) electrons. The molecule has 1 aliphatic rings. The summed E-state index contributed by atoms with van der Waals surface area (Å²) >= 11 is 0. The van der Waals surface area contributed by atoms with Crippen molar-refractivity contribution in [2.45, 2.75) is 52.1 Å². The van der Waals surface area contributed by atoms with Gasteiger partial charge in [0, 0.05) is 0 Å². The molecule has 1 aliphatic carbocycles. The molecular weight excluding hydrogens is 234 g/mol. The number of benzene rings is 1. The van der Waals surface area contributed by atoms with Gasteiger partial charge in [0.2, 0.25) is 0 Å². The smallest absolute Gasteiger partial charge is 0.119 e. The number of nitrogens with one attached hydrogen (secondary N) is 1. The topological polar surface area (TPSA) is 21.3 Å². The molecule has 0 spiro atoms. The van der Waals surface area contributed by atoms with Crippen LogP contribution in [0.2, 0.25) is 0 Å². The predicted octanol–water partition coefficient (Wildman–Crippen LogP) is 3.97. The molecule has 2 nitrogen and oxygen atoms in total. The first kappa shape index (κ1) is 14.4. The van der Waals surface area contributed by atoms with E-state index in [1.807, 2.05) is 0 Å². The standard InChI is InChI=1S/C17H27NO/c1-4-11-18-12-13(2)14(3)15-5-7-16(8-6-15)19-17-9-10-17/h5-8,13-14,17-18H,4,9-12H2,1-3H3. The van der Waals surface area contributed by atoms with Crippen molar-refractivity contribution in [3.8, 4) is 5.75 Å². The third kappa shape index (κ3) is 4.54. The van der Waals surface area contributed by atoms with Gasteiger partial charge in [0.1, 0.15) is 5.75 Å². The third-order valence-corrected chi connectivity index (χ3v) is 3.98. The molecule has 1 N–H and O–H groups in total. The molecule has 2 unspecified atom stereocenters. The van der Waals surface area contributed by atoms with E-state index in [2.05, 4.69) is 50.4 Å². The molecule has 0 amide bonds. The molecule has 1 aromatic carbocycles. The van der Waals surface area contributed by atoms with Crippen LogP contribution < -0.4 is 10.1 Å². The van der Waals surface area contributed by atoms with E-state index in [0.29, 0.717) is 17.9 Å². The molecule has 1 aromatic rings. The van der Waals surface area contributed by atoms with Crippen molar-refractivity contribution >= 4 is 0 Å². The van der Waals surface area contributed by atoms with E-state index in [-0.39, 0.29) is 0 Å². The van der Waals surface area contributed by atoms with Crippen LogP contribution in [0.4, 0.5) is 0 Å². The lowest BCUT2D eigenvalue weighted by atomic mass is 9.89. The summed E-state index contributed by atoms with van der Waals surface area (Å²) in [6.45, 7) is 9.05. The molecule has 0 aliphatic heterocycles. The van der Waals surface area contributed by atoms with Gasteiger partial charge in [-0.15, -0.1) is 0 Å². The first-order valence-corrected chi connectivity index (χ1v) is 7.68. The van der Waals surface area contributed by atoms with Crippen molar-refractivity contribution < 1.29 is 4.74 Å². The highest BCUT2D eigenvalue weighted by Gasteiger charge is 2.23. The zero-order valence-corrected chi connectivity index (χ0v) is 12.5. The Morgan fingerprint density at radius 3 is 2.47 bits per heavy atom. The first-order valence-electron chi connectivity index (χ1n) is 7.68. The first-order chi connectivity index (χ1) is 9.20. The highest BCUT2D eigenvalue weighted by Crippen LogP contribution is 2.29. The Bertz CT molecular complexity index is 369.